The van der Waals surface area contributed by atoms with Gasteiger partial charge in [0.15, 0.2) is 0 Å². The van der Waals surface area contributed by atoms with Gasteiger partial charge in [0.2, 0.25) is 0 Å². The second kappa shape index (κ2) is 10.2. The summed E-state index contributed by atoms with van der Waals surface area (Å²) in [4.78, 5) is 0. The zero-order valence-corrected chi connectivity index (χ0v) is 16.3. The Bertz CT molecular complexity index is 395. The molecule has 9 heteroatoms. The summed E-state index contributed by atoms with van der Waals surface area (Å²) in [6, 6.07) is 0. The first-order valence-corrected chi connectivity index (χ1v) is 9.01. The lowest BCUT2D eigenvalue weighted by Crippen LogP contribution is -2.32. The molecule has 0 saturated heterocycles. The number of ether oxygens (including phenoxy) is 2. The molecule has 0 N–H and O–H groups in total. The van der Waals surface area contributed by atoms with Crippen molar-refractivity contribution in [3.63, 3.8) is 0 Å². The predicted molar refractivity (Wildman–Crippen MR) is 91.4 cm³/mol. The molecule has 0 radical (unpaired) electrons. The Balaban J connectivity index is 4.75. The van der Waals surface area contributed by atoms with Gasteiger partial charge in [-0.3, -0.25) is 4.52 Å². The number of halogens is 2. The highest BCUT2D eigenvalue weighted by atomic mass is 35.5. The molecule has 0 unspecified atom stereocenters. The Labute approximate surface area is 148 Å². The summed E-state index contributed by atoms with van der Waals surface area (Å²) >= 11 is 10.1. The van der Waals surface area contributed by atoms with E-state index in [1.165, 1.54) is 0 Å². The van der Waals surface area contributed by atoms with Gasteiger partial charge >= 0.3 is 7.82 Å². The van der Waals surface area contributed by atoms with Crippen LogP contribution in [0, 0.1) is 5.92 Å². The largest absolute Gasteiger partial charge is 0.507 e. The highest BCUT2D eigenvalue weighted by Crippen LogP contribution is 2.52. The molecule has 0 aliphatic heterocycles. The Hall–Kier alpha value is 0.0900. The van der Waals surface area contributed by atoms with Gasteiger partial charge in [-0.15, -0.1) is 13.2 Å². The zero-order valence-electron chi connectivity index (χ0n) is 13.9. The van der Waals surface area contributed by atoms with Crippen LogP contribution < -0.4 is 0 Å². The van der Waals surface area contributed by atoms with Crippen molar-refractivity contribution in [3.8, 4) is 0 Å². The molecule has 0 aliphatic carbocycles. The summed E-state index contributed by atoms with van der Waals surface area (Å²) < 4.78 is 36.4. The Morgan fingerprint density at radius 2 is 1.35 bits per heavy atom. The lowest BCUT2D eigenvalue weighted by Gasteiger charge is -2.28. The molecule has 0 aromatic heterocycles. The van der Waals surface area contributed by atoms with Gasteiger partial charge in [0, 0.05) is 5.92 Å². The van der Waals surface area contributed by atoms with Gasteiger partial charge in [0.1, 0.15) is 0 Å². The van der Waals surface area contributed by atoms with Crippen molar-refractivity contribution in [2.75, 3.05) is 19.8 Å². The SMILES string of the molecule is C=CC(C)(C)OCC(COC(C)(C)C=C)COP(=O)(OCl)OCl. The van der Waals surface area contributed by atoms with Crippen molar-refractivity contribution >= 4 is 31.6 Å². The first kappa shape index (κ1) is 23.1. The summed E-state index contributed by atoms with van der Waals surface area (Å²) in [7, 11) is -4.00. The van der Waals surface area contributed by atoms with E-state index in [0.29, 0.717) is 0 Å². The first-order chi connectivity index (χ1) is 10.5. The minimum Gasteiger partial charge on any atom is -0.371 e. The fourth-order valence-electron chi connectivity index (χ4n) is 1.17. The fraction of sp³-hybridized carbons (Fsp3) is 0.714. The van der Waals surface area contributed by atoms with Crippen LogP contribution >= 0.6 is 31.6 Å². The summed E-state index contributed by atoms with van der Waals surface area (Å²) in [5.74, 6) is -0.277. The maximum Gasteiger partial charge on any atom is 0.507 e. The summed E-state index contributed by atoms with van der Waals surface area (Å²) in [6.07, 6.45) is 3.35. The minimum atomic E-state index is -4.00. The smallest absolute Gasteiger partial charge is 0.371 e. The third-order valence-electron chi connectivity index (χ3n) is 3.00. The van der Waals surface area contributed by atoms with Crippen molar-refractivity contribution in [1.29, 1.82) is 0 Å². The second-order valence-corrected chi connectivity index (χ2v) is 8.24. The summed E-state index contributed by atoms with van der Waals surface area (Å²) in [6.45, 7) is 15.3. The first-order valence-electron chi connectivity index (χ1n) is 6.93. The maximum atomic E-state index is 11.7. The molecule has 136 valence electrons. The van der Waals surface area contributed by atoms with E-state index in [1.807, 2.05) is 27.7 Å². The molecular formula is C14H25Cl2O6P. The average molecular weight is 391 g/mol. The van der Waals surface area contributed by atoms with Crippen LogP contribution in [-0.2, 0) is 26.7 Å². The van der Waals surface area contributed by atoms with E-state index in [9.17, 15) is 4.57 Å². The van der Waals surface area contributed by atoms with Crippen LogP contribution in [0.15, 0.2) is 25.3 Å². The molecule has 0 saturated carbocycles. The zero-order chi connectivity index (χ0) is 18.1. The monoisotopic (exact) mass is 390 g/mol. The molecule has 23 heavy (non-hydrogen) atoms. The molecule has 0 heterocycles. The minimum absolute atomic E-state index is 0.0584. The standard InChI is InChI=1S/C14H25Cl2O6P/c1-7-13(3,4)18-9-12(10-19-14(5,6)8-2)11-20-23(17,21-15)22-16/h7-8,12H,1-2,9-11H2,3-6H3. The van der Waals surface area contributed by atoms with E-state index in [4.69, 9.17) is 37.7 Å². The van der Waals surface area contributed by atoms with E-state index in [-0.39, 0.29) is 25.7 Å². The van der Waals surface area contributed by atoms with Crippen molar-refractivity contribution in [1.82, 2.24) is 0 Å². The molecule has 0 aromatic carbocycles. The summed E-state index contributed by atoms with van der Waals surface area (Å²) in [5, 5.41) is 0. The fourth-order valence-corrected chi connectivity index (χ4v) is 2.16. The normalized spacial score (nSPS) is 13.3. The highest BCUT2D eigenvalue weighted by Gasteiger charge is 2.29. The van der Waals surface area contributed by atoms with Crippen molar-refractivity contribution in [2.24, 2.45) is 5.92 Å². The molecule has 0 atom stereocenters. The van der Waals surface area contributed by atoms with Crippen LogP contribution in [-0.4, -0.2) is 31.0 Å². The van der Waals surface area contributed by atoms with Crippen LogP contribution in [0.2, 0.25) is 0 Å². The lowest BCUT2D eigenvalue weighted by atomic mass is 10.1. The highest BCUT2D eigenvalue weighted by molar-refractivity contribution is 7.50. The topological polar surface area (TPSA) is 63.2 Å². The van der Waals surface area contributed by atoms with E-state index >= 15 is 0 Å². The van der Waals surface area contributed by atoms with Crippen LogP contribution in [0.1, 0.15) is 27.7 Å². The van der Waals surface area contributed by atoms with E-state index < -0.39 is 19.0 Å². The van der Waals surface area contributed by atoms with Crippen molar-refractivity contribution in [2.45, 2.75) is 38.9 Å². The van der Waals surface area contributed by atoms with Gasteiger partial charge in [-0.25, -0.2) is 4.57 Å². The quantitative estimate of drug-likeness (QED) is 0.324. The van der Waals surface area contributed by atoms with Crippen molar-refractivity contribution in [3.05, 3.63) is 25.3 Å². The Kier molecular flexibility index (Phi) is 10.2. The van der Waals surface area contributed by atoms with E-state index in [0.717, 1.165) is 0 Å². The average Bonchev–Trinajstić information content (AvgIpc) is 2.53. The van der Waals surface area contributed by atoms with Gasteiger partial charge in [0.25, 0.3) is 0 Å². The van der Waals surface area contributed by atoms with Gasteiger partial charge in [-0.05, 0) is 27.7 Å². The molecule has 0 amide bonds. The predicted octanol–water partition coefficient (Wildman–Crippen LogP) is 5.03. The molecule has 0 aliphatic rings. The van der Waals surface area contributed by atoms with E-state index in [1.54, 1.807) is 12.2 Å². The molecular weight excluding hydrogens is 366 g/mol. The van der Waals surface area contributed by atoms with Gasteiger partial charge in [0.05, 0.1) is 54.8 Å². The molecule has 0 aromatic rings. The number of phosphoric acid groups is 1. The maximum absolute atomic E-state index is 11.7. The second-order valence-electron chi connectivity index (χ2n) is 5.98. The Morgan fingerprint density at radius 1 is 0.957 bits per heavy atom. The lowest BCUT2D eigenvalue weighted by molar-refractivity contribution is -0.0598. The van der Waals surface area contributed by atoms with Crippen LogP contribution in [0.5, 0.6) is 0 Å². The number of hydrogen-bond donors (Lipinski definition) is 0. The van der Waals surface area contributed by atoms with Gasteiger partial charge in [-0.1, -0.05) is 12.2 Å². The number of rotatable bonds is 13. The third-order valence-corrected chi connectivity index (χ3v) is 4.82. The van der Waals surface area contributed by atoms with Crippen LogP contribution in [0.4, 0.5) is 0 Å². The van der Waals surface area contributed by atoms with E-state index in [2.05, 4.69) is 21.3 Å². The van der Waals surface area contributed by atoms with Gasteiger partial charge in [-0.2, -0.15) is 8.15 Å². The van der Waals surface area contributed by atoms with Crippen LogP contribution in [0.3, 0.4) is 0 Å². The molecule has 0 spiro atoms. The molecule has 0 rings (SSSR count). The third kappa shape index (κ3) is 9.85. The molecule has 6 nitrogen and oxygen atoms in total. The van der Waals surface area contributed by atoms with Gasteiger partial charge < -0.3 is 9.47 Å². The van der Waals surface area contributed by atoms with Crippen molar-refractivity contribution < 1.29 is 26.7 Å². The summed E-state index contributed by atoms with van der Waals surface area (Å²) in [5.41, 5.74) is -1.05. The Morgan fingerprint density at radius 3 is 1.65 bits per heavy atom. The molecule has 0 fully saturated rings. The molecule has 0 bridgehead atoms. The number of hydrogen-bond acceptors (Lipinski definition) is 6. The van der Waals surface area contributed by atoms with Crippen LogP contribution in [0.25, 0.3) is 0 Å².